The van der Waals surface area contributed by atoms with Crippen molar-refractivity contribution in [3.63, 3.8) is 0 Å². The van der Waals surface area contributed by atoms with Gasteiger partial charge in [-0.25, -0.2) is 4.79 Å². The summed E-state index contributed by atoms with van der Waals surface area (Å²) in [5, 5.41) is 7.55. The first-order valence-electron chi connectivity index (χ1n) is 7.18. The van der Waals surface area contributed by atoms with E-state index in [4.69, 9.17) is 6.11 Å². The van der Waals surface area contributed by atoms with Gasteiger partial charge in [0.1, 0.15) is 12.4 Å². The number of hydrogen-bond donors (Lipinski definition) is 0. The van der Waals surface area contributed by atoms with Crippen molar-refractivity contribution in [1.29, 1.82) is 0 Å². The van der Waals surface area contributed by atoms with Crippen LogP contribution in [0.25, 0.3) is 5.69 Å². The van der Waals surface area contributed by atoms with Crippen molar-refractivity contribution < 1.29 is 6.11 Å². The largest absolute Gasteiger partial charge is 0.488 e. The molecule has 0 N–H and O–H groups in total. The van der Waals surface area contributed by atoms with Gasteiger partial charge in [-0.1, -0.05) is 18.2 Å². The van der Waals surface area contributed by atoms with Gasteiger partial charge in [0, 0.05) is 25.0 Å². The number of benzene rings is 1. The van der Waals surface area contributed by atoms with Crippen molar-refractivity contribution in [2.75, 3.05) is 0 Å². The molecule has 0 fully saturated rings. The van der Waals surface area contributed by atoms with Crippen LogP contribution >= 0.6 is 0 Å². The van der Waals surface area contributed by atoms with E-state index in [1.54, 1.807) is 36.7 Å². The number of hydrogen-bond acceptors (Lipinski definition) is 5. The molecule has 3 rings (SSSR count). The molecule has 7 nitrogen and oxygen atoms in total. The Kier molecular flexibility index (Phi) is 3.37. The summed E-state index contributed by atoms with van der Waals surface area (Å²) in [6.07, 6.45) is 3.21. The first-order chi connectivity index (χ1) is 11.1. The highest BCUT2D eigenvalue weighted by Gasteiger charge is 2.11. The van der Waals surface area contributed by atoms with Gasteiger partial charge in [-0.15, -0.1) is 0 Å². The third-order valence-electron chi connectivity index (χ3n) is 3.23. The van der Waals surface area contributed by atoms with Gasteiger partial charge >= 0.3 is 5.69 Å². The fraction of sp³-hybridized carbons (Fsp3) is 0.200. The highest BCUT2D eigenvalue weighted by Crippen LogP contribution is 2.19. The van der Waals surface area contributed by atoms with E-state index in [2.05, 4.69) is 15.4 Å². The van der Waals surface area contributed by atoms with Crippen LogP contribution in [0, 0.1) is 6.92 Å². The zero-order valence-electron chi connectivity index (χ0n) is 13.2. The maximum Gasteiger partial charge on any atom is 0.368 e. The minimum atomic E-state index is -0.341. The van der Waals surface area contributed by atoms with Crippen LogP contribution in [-0.2, 0) is 13.7 Å². The van der Waals surface area contributed by atoms with Gasteiger partial charge in [-0.05, 0) is 35.0 Å². The standard InChI is InChI=1S/C15H15N5O2/c1-11-5-3-4-6-14(11)22-10-12-9-16-8-7-13(12)20-15(21)19(2)17-18-20/h3-9H,10H2,1-2H3/i3T. The number of pyridine rings is 1. The van der Waals surface area contributed by atoms with E-state index in [1.165, 1.54) is 11.7 Å². The van der Waals surface area contributed by atoms with Crippen LogP contribution in [0.3, 0.4) is 0 Å². The Hall–Kier alpha value is -2.96. The summed E-state index contributed by atoms with van der Waals surface area (Å²) in [7, 11) is 1.54. The van der Waals surface area contributed by atoms with Crippen molar-refractivity contribution in [3.05, 3.63) is 64.3 Å². The lowest BCUT2D eigenvalue weighted by Gasteiger charge is -2.11. The fourth-order valence-electron chi connectivity index (χ4n) is 2.02. The van der Waals surface area contributed by atoms with E-state index in [9.17, 15) is 4.79 Å². The zero-order chi connectivity index (χ0) is 16.4. The second kappa shape index (κ2) is 5.80. The predicted molar refractivity (Wildman–Crippen MR) is 79.9 cm³/mol. The highest BCUT2D eigenvalue weighted by atomic mass is 16.5. The van der Waals surface area contributed by atoms with Crippen LogP contribution in [-0.4, -0.2) is 24.8 Å². The van der Waals surface area contributed by atoms with E-state index in [1.807, 2.05) is 6.92 Å². The number of aryl methyl sites for hydroxylation is 2. The molecule has 22 heavy (non-hydrogen) atoms. The third kappa shape index (κ3) is 2.60. The van der Waals surface area contributed by atoms with E-state index < -0.39 is 0 Å². The molecule has 0 aliphatic carbocycles. The van der Waals surface area contributed by atoms with Gasteiger partial charge in [0.25, 0.3) is 0 Å². The highest BCUT2D eigenvalue weighted by molar-refractivity contribution is 5.38. The lowest BCUT2D eigenvalue weighted by atomic mass is 10.2. The third-order valence-corrected chi connectivity index (χ3v) is 3.23. The van der Waals surface area contributed by atoms with Crippen LogP contribution in [0.15, 0.2) is 47.5 Å². The molecular weight excluding hydrogens is 282 g/mol. The van der Waals surface area contributed by atoms with Crippen LogP contribution in [0.2, 0.25) is 0 Å². The minimum absolute atomic E-state index is 0.227. The topological polar surface area (TPSA) is 74.8 Å². The van der Waals surface area contributed by atoms with E-state index in [0.717, 1.165) is 10.2 Å². The molecule has 0 unspecified atom stereocenters. The summed E-state index contributed by atoms with van der Waals surface area (Å²) < 4.78 is 15.7. The molecule has 0 aliphatic heterocycles. The Bertz CT molecular complexity index is 903. The van der Waals surface area contributed by atoms with Crippen molar-refractivity contribution in [3.8, 4) is 11.4 Å². The van der Waals surface area contributed by atoms with Crippen molar-refractivity contribution >= 4 is 0 Å². The summed E-state index contributed by atoms with van der Waals surface area (Å²) in [5.41, 5.74) is 1.82. The Morgan fingerprint density at radius 1 is 1.32 bits per heavy atom. The molecule has 0 aliphatic rings. The first kappa shape index (κ1) is 12.8. The number of para-hydroxylation sites is 1. The number of aromatic nitrogens is 5. The summed E-state index contributed by atoms with van der Waals surface area (Å²) in [4.78, 5) is 16.1. The van der Waals surface area contributed by atoms with Crippen LogP contribution in [0.5, 0.6) is 5.75 Å². The van der Waals surface area contributed by atoms with Gasteiger partial charge in [-0.2, -0.15) is 9.36 Å². The van der Waals surface area contributed by atoms with Crippen LogP contribution in [0.4, 0.5) is 0 Å². The fourth-order valence-corrected chi connectivity index (χ4v) is 2.02. The number of tetrazole rings is 1. The molecule has 7 heteroatoms. The molecule has 0 saturated heterocycles. The van der Waals surface area contributed by atoms with Crippen LogP contribution < -0.4 is 10.4 Å². The molecular formula is C15H15N5O2. The van der Waals surface area contributed by atoms with Crippen LogP contribution in [0.1, 0.15) is 12.5 Å². The number of nitrogens with zero attached hydrogens (tertiary/aromatic N) is 5. The lowest BCUT2D eigenvalue weighted by Crippen LogP contribution is -2.23. The smallest absolute Gasteiger partial charge is 0.368 e. The quantitative estimate of drug-likeness (QED) is 0.725. The van der Waals surface area contributed by atoms with Crippen molar-refractivity contribution in [2.24, 2.45) is 7.05 Å². The molecule has 0 saturated carbocycles. The van der Waals surface area contributed by atoms with Gasteiger partial charge < -0.3 is 4.74 Å². The summed E-state index contributed by atoms with van der Waals surface area (Å²) in [6.45, 7) is 2.11. The zero-order valence-corrected chi connectivity index (χ0v) is 12.2. The molecule has 1 aromatic carbocycles. The number of ether oxygens (including phenoxy) is 1. The second-order valence-electron chi connectivity index (χ2n) is 4.78. The van der Waals surface area contributed by atoms with Crippen molar-refractivity contribution in [2.45, 2.75) is 13.5 Å². The molecule has 0 radical (unpaired) electrons. The normalized spacial score (nSPS) is 11.3. The van der Waals surface area contributed by atoms with Gasteiger partial charge in [0.2, 0.25) is 0 Å². The second-order valence-corrected chi connectivity index (χ2v) is 4.78. The first-order valence-corrected chi connectivity index (χ1v) is 6.68. The summed E-state index contributed by atoms with van der Waals surface area (Å²) in [6, 6.07) is 7.27. The Morgan fingerprint density at radius 3 is 2.91 bits per heavy atom. The van der Waals surface area contributed by atoms with E-state index in [0.29, 0.717) is 23.0 Å². The van der Waals surface area contributed by atoms with Gasteiger partial charge in [0.15, 0.2) is 0 Å². The molecule has 0 spiro atoms. The van der Waals surface area contributed by atoms with Gasteiger partial charge in [-0.3, -0.25) is 4.98 Å². The van der Waals surface area contributed by atoms with E-state index >= 15 is 0 Å². The molecule has 2 aromatic heterocycles. The molecule has 0 bridgehead atoms. The molecule has 0 amide bonds. The summed E-state index contributed by atoms with van der Waals surface area (Å²) in [5.74, 6) is 0.683. The van der Waals surface area contributed by atoms with E-state index in [-0.39, 0.29) is 12.3 Å². The Balaban J connectivity index is 1.89. The Labute approximate surface area is 128 Å². The molecule has 3 aromatic rings. The number of rotatable bonds is 4. The summed E-state index contributed by atoms with van der Waals surface area (Å²) >= 11 is 0. The lowest BCUT2D eigenvalue weighted by molar-refractivity contribution is 0.303. The maximum atomic E-state index is 12.0. The average molecular weight is 299 g/mol. The van der Waals surface area contributed by atoms with Gasteiger partial charge in [0.05, 0.1) is 7.06 Å². The molecule has 112 valence electrons. The minimum Gasteiger partial charge on any atom is -0.488 e. The SMILES string of the molecule is [3H]c1ccc(OCc2cnccc2-n2nnn(C)c2=O)c(C)c1. The average Bonchev–Trinajstić information content (AvgIpc) is 2.86. The predicted octanol–water partition coefficient (Wildman–Crippen LogP) is 1.25. The van der Waals surface area contributed by atoms with Crippen molar-refractivity contribution in [1.82, 2.24) is 24.8 Å². The molecule has 2 heterocycles. The maximum absolute atomic E-state index is 12.0. The Morgan fingerprint density at radius 2 is 2.18 bits per heavy atom. The molecule has 0 atom stereocenters. The monoisotopic (exact) mass is 299 g/mol.